The van der Waals surface area contributed by atoms with Gasteiger partial charge in [-0.1, -0.05) is 29.8 Å². The van der Waals surface area contributed by atoms with Crippen molar-refractivity contribution in [2.24, 2.45) is 5.92 Å². The van der Waals surface area contributed by atoms with Crippen LogP contribution in [0.25, 0.3) is 0 Å². The van der Waals surface area contributed by atoms with E-state index in [1.807, 2.05) is 18.2 Å². The Morgan fingerprint density at radius 2 is 2.08 bits per heavy atom. The molecule has 0 aliphatic carbocycles. The van der Waals surface area contributed by atoms with E-state index in [9.17, 15) is 9.90 Å². The third-order valence-electron chi connectivity index (χ3n) is 4.76. The number of amides is 1. The Balaban J connectivity index is 1.58. The zero-order valence-corrected chi connectivity index (χ0v) is 16.1. The topological polar surface area (TPSA) is 61.4 Å². The third-order valence-corrected chi connectivity index (χ3v) is 5.98. The highest BCUT2D eigenvalue weighted by Gasteiger charge is 2.25. The molecule has 0 aromatic heterocycles. The van der Waals surface area contributed by atoms with Crippen molar-refractivity contribution in [2.45, 2.75) is 30.6 Å². The van der Waals surface area contributed by atoms with Gasteiger partial charge in [0.1, 0.15) is 0 Å². The molecule has 2 atom stereocenters. The lowest BCUT2D eigenvalue weighted by Gasteiger charge is -2.14. The molecule has 2 unspecified atom stereocenters. The fourth-order valence-electron chi connectivity index (χ4n) is 3.08. The quantitative estimate of drug-likeness (QED) is 0.684. The van der Waals surface area contributed by atoms with E-state index >= 15 is 0 Å². The summed E-state index contributed by atoms with van der Waals surface area (Å²) in [7, 11) is 0. The predicted octanol–water partition coefficient (Wildman–Crippen LogP) is 2.91. The van der Waals surface area contributed by atoms with Gasteiger partial charge in [-0.05, 0) is 43.2 Å². The number of β-amino-alcohol motifs (C(OH)–C–C–N with tert-alkyl or cyclic N) is 1. The van der Waals surface area contributed by atoms with Crippen LogP contribution in [0.4, 0.5) is 0 Å². The van der Waals surface area contributed by atoms with E-state index in [0.29, 0.717) is 18.7 Å². The number of aliphatic hydroxyl groups excluding tert-OH is 1. The SMILES string of the molecule is Cc1ccc(C)c(SCc2cccc(C(=O)NCC3CNCC3O)c2)c1. The molecule has 138 valence electrons. The second-order valence-corrected chi connectivity index (χ2v) is 7.97. The van der Waals surface area contributed by atoms with Gasteiger partial charge in [0, 0.05) is 41.8 Å². The third kappa shape index (κ3) is 4.87. The van der Waals surface area contributed by atoms with Gasteiger partial charge in [-0.3, -0.25) is 4.79 Å². The maximum absolute atomic E-state index is 12.4. The molecule has 3 rings (SSSR count). The minimum atomic E-state index is -0.379. The fraction of sp³-hybridized carbons (Fsp3) is 0.381. The minimum absolute atomic E-state index is 0.0808. The molecule has 2 aromatic carbocycles. The lowest BCUT2D eigenvalue weighted by Crippen LogP contribution is -2.34. The number of aliphatic hydroxyl groups is 1. The van der Waals surface area contributed by atoms with Crippen molar-refractivity contribution in [1.29, 1.82) is 0 Å². The minimum Gasteiger partial charge on any atom is -0.391 e. The van der Waals surface area contributed by atoms with Gasteiger partial charge in [-0.15, -0.1) is 11.8 Å². The molecule has 2 aromatic rings. The van der Waals surface area contributed by atoms with Crippen molar-refractivity contribution in [3.63, 3.8) is 0 Å². The van der Waals surface area contributed by atoms with Gasteiger partial charge in [-0.2, -0.15) is 0 Å². The van der Waals surface area contributed by atoms with Crippen LogP contribution in [0.1, 0.15) is 27.0 Å². The molecule has 1 saturated heterocycles. The van der Waals surface area contributed by atoms with Gasteiger partial charge in [0.15, 0.2) is 0 Å². The standard InChI is InChI=1S/C21H26N2O2S/c1-14-6-7-15(2)20(8-14)26-13-16-4-3-5-17(9-16)21(25)23-11-18-10-22-12-19(18)24/h3-9,18-19,22,24H,10-13H2,1-2H3,(H,23,25). The monoisotopic (exact) mass is 370 g/mol. The highest BCUT2D eigenvalue weighted by molar-refractivity contribution is 7.98. The Labute approximate surface area is 159 Å². The van der Waals surface area contributed by atoms with Crippen molar-refractivity contribution in [3.05, 3.63) is 64.7 Å². The summed E-state index contributed by atoms with van der Waals surface area (Å²) in [5.74, 6) is 0.834. The Morgan fingerprint density at radius 1 is 1.23 bits per heavy atom. The van der Waals surface area contributed by atoms with Crippen LogP contribution in [-0.4, -0.2) is 36.8 Å². The van der Waals surface area contributed by atoms with Crippen molar-refractivity contribution in [3.8, 4) is 0 Å². The molecule has 3 N–H and O–H groups in total. The molecular weight excluding hydrogens is 344 g/mol. The first kappa shape index (κ1) is 19.0. The molecule has 0 saturated carbocycles. The second kappa shape index (κ2) is 8.71. The number of nitrogens with one attached hydrogen (secondary N) is 2. The van der Waals surface area contributed by atoms with Gasteiger partial charge in [0.25, 0.3) is 5.91 Å². The summed E-state index contributed by atoms with van der Waals surface area (Å²) < 4.78 is 0. The first-order valence-corrected chi connectivity index (χ1v) is 9.97. The lowest BCUT2D eigenvalue weighted by atomic mass is 10.1. The van der Waals surface area contributed by atoms with E-state index in [-0.39, 0.29) is 17.9 Å². The predicted molar refractivity (Wildman–Crippen MR) is 107 cm³/mol. The van der Waals surface area contributed by atoms with Crippen LogP contribution >= 0.6 is 11.8 Å². The van der Waals surface area contributed by atoms with Crippen LogP contribution < -0.4 is 10.6 Å². The molecule has 1 amide bonds. The van der Waals surface area contributed by atoms with Crippen molar-refractivity contribution in [1.82, 2.24) is 10.6 Å². The number of aryl methyl sites for hydroxylation is 2. The zero-order chi connectivity index (χ0) is 18.5. The molecule has 1 aliphatic rings. The second-order valence-electron chi connectivity index (χ2n) is 6.95. The lowest BCUT2D eigenvalue weighted by molar-refractivity contribution is 0.0927. The van der Waals surface area contributed by atoms with Gasteiger partial charge in [-0.25, -0.2) is 0 Å². The van der Waals surface area contributed by atoms with E-state index in [0.717, 1.165) is 17.9 Å². The number of hydrogen-bond acceptors (Lipinski definition) is 4. The first-order valence-electron chi connectivity index (χ1n) is 8.99. The fourth-order valence-corrected chi connectivity index (χ4v) is 4.15. The van der Waals surface area contributed by atoms with Crippen LogP contribution in [0.15, 0.2) is 47.4 Å². The van der Waals surface area contributed by atoms with Crippen molar-refractivity contribution in [2.75, 3.05) is 19.6 Å². The molecule has 4 nitrogen and oxygen atoms in total. The molecule has 0 bridgehead atoms. The Morgan fingerprint density at radius 3 is 2.85 bits per heavy atom. The molecule has 1 aliphatic heterocycles. The first-order chi connectivity index (χ1) is 12.5. The van der Waals surface area contributed by atoms with Crippen LogP contribution in [0.5, 0.6) is 0 Å². The highest BCUT2D eigenvalue weighted by atomic mass is 32.2. The van der Waals surface area contributed by atoms with Crippen LogP contribution in [-0.2, 0) is 5.75 Å². The maximum Gasteiger partial charge on any atom is 0.251 e. The molecule has 1 heterocycles. The van der Waals surface area contributed by atoms with Crippen molar-refractivity contribution >= 4 is 17.7 Å². The largest absolute Gasteiger partial charge is 0.391 e. The normalized spacial score (nSPS) is 19.5. The van der Waals surface area contributed by atoms with Gasteiger partial charge >= 0.3 is 0 Å². The van der Waals surface area contributed by atoms with E-state index in [1.54, 1.807) is 11.8 Å². The van der Waals surface area contributed by atoms with Crippen molar-refractivity contribution < 1.29 is 9.90 Å². The summed E-state index contributed by atoms with van der Waals surface area (Å²) in [6.45, 7) is 6.07. The highest BCUT2D eigenvalue weighted by Crippen LogP contribution is 2.27. The molecule has 5 heteroatoms. The van der Waals surface area contributed by atoms with E-state index in [4.69, 9.17) is 0 Å². The number of thioether (sulfide) groups is 1. The zero-order valence-electron chi connectivity index (χ0n) is 15.3. The van der Waals surface area contributed by atoms with Crippen LogP contribution in [0, 0.1) is 19.8 Å². The average molecular weight is 371 g/mol. The molecule has 1 fully saturated rings. The molecular formula is C21H26N2O2S. The van der Waals surface area contributed by atoms with Crippen LogP contribution in [0.2, 0.25) is 0 Å². The Bertz CT molecular complexity index is 778. The summed E-state index contributed by atoms with van der Waals surface area (Å²) in [4.78, 5) is 13.7. The molecule has 0 radical (unpaired) electrons. The summed E-state index contributed by atoms with van der Waals surface area (Å²) in [5, 5.41) is 15.9. The molecule has 0 spiro atoms. The number of carbonyl (C=O) groups excluding carboxylic acids is 1. The average Bonchev–Trinajstić information content (AvgIpc) is 3.05. The van der Waals surface area contributed by atoms with Crippen LogP contribution in [0.3, 0.4) is 0 Å². The Kier molecular flexibility index (Phi) is 6.35. The number of benzene rings is 2. The number of carbonyl (C=O) groups is 1. The van der Waals surface area contributed by atoms with Gasteiger partial charge < -0.3 is 15.7 Å². The van der Waals surface area contributed by atoms with E-state index < -0.39 is 0 Å². The number of hydrogen-bond donors (Lipinski definition) is 3. The van der Waals surface area contributed by atoms with E-state index in [2.05, 4.69) is 48.7 Å². The maximum atomic E-state index is 12.4. The number of rotatable bonds is 6. The molecule has 26 heavy (non-hydrogen) atoms. The van der Waals surface area contributed by atoms with E-state index in [1.165, 1.54) is 16.0 Å². The van der Waals surface area contributed by atoms with Gasteiger partial charge in [0.05, 0.1) is 6.10 Å². The summed E-state index contributed by atoms with van der Waals surface area (Å²) >= 11 is 1.80. The smallest absolute Gasteiger partial charge is 0.251 e. The summed E-state index contributed by atoms with van der Waals surface area (Å²) in [6, 6.07) is 14.3. The Hall–Kier alpha value is -1.82. The summed E-state index contributed by atoms with van der Waals surface area (Å²) in [6.07, 6.45) is -0.379. The summed E-state index contributed by atoms with van der Waals surface area (Å²) in [5.41, 5.74) is 4.34. The van der Waals surface area contributed by atoms with Gasteiger partial charge in [0.2, 0.25) is 0 Å².